The van der Waals surface area contributed by atoms with Crippen molar-refractivity contribution < 1.29 is 14.5 Å². The number of carbonyl (C=O) groups excluding carboxylic acids is 1. The van der Waals surface area contributed by atoms with E-state index in [-0.39, 0.29) is 16.3 Å². The van der Waals surface area contributed by atoms with Gasteiger partial charge in [-0.1, -0.05) is 25.4 Å². The predicted octanol–water partition coefficient (Wildman–Crippen LogP) is 2.65. The van der Waals surface area contributed by atoms with Crippen molar-refractivity contribution in [3.8, 4) is 0 Å². The van der Waals surface area contributed by atoms with E-state index >= 15 is 0 Å². The summed E-state index contributed by atoms with van der Waals surface area (Å²) in [7, 11) is 0. The number of carbonyl (C=O) groups is 1. The Morgan fingerprint density at radius 2 is 2.20 bits per heavy atom. The number of nitrogens with one attached hydrogen (secondary N) is 1. The minimum Gasteiger partial charge on any atom is -0.379 e. The Bertz CT molecular complexity index is 491. The maximum Gasteiger partial charge on any atom is 0.288 e. The Morgan fingerprint density at radius 3 is 2.80 bits per heavy atom. The number of hydrogen-bond acceptors (Lipinski definition) is 4. The quantitative estimate of drug-likeness (QED) is 0.477. The smallest absolute Gasteiger partial charge is 0.288 e. The molecule has 0 radical (unpaired) electrons. The molecule has 0 aromatic heterocycles. The van der Waals surface area contributed by atoms with Crippen LogP contribution in [0.15, 0.2) is 18.2 Å². The largest absolute Gasteiger partial charge is 0.379 e. The fourth-order valence-electron chi connectivity index (χ4n) is 1.45. The number of nitrogens with zero attached hydrogens (tertiary/aromatic N) is 1. The molecular weight excluding hydrogens is 284 g/mol. The summed E-state index contributed by atoms with van der Waals surface area (Å²) in [5.41, 5.74) is -0.0830. The van der Waals surface area contributed by atoms with Crippen molar-refractivity contribution in [3.63, 3.8) is 0 Å². The zero-order valence-corrected chi connectivity index (χ0v) is 12.1. The first-order valence-electron chi connectivity index (χ1n) is 6.21. The molecule has 0 aliphatic heterocycles. The van der Waals surface area contributed by atoms with Gasteiger partial charge in [-0.3, -0.25) is 14.9 Å². The molecule has 0 heterocycles. The number of benzene rings is 1. The first kappa shape index (κ1) is 16.4. The average molecular weight is 301 g/mol. The molecule has 0 aliphatic rings. The fourth-order valence-corrected chi connectivity index (χ4v) is 1.64. The standard InChI is InChI=1S/C13H17ClN2O4/c1-9(2)8-20-6-5-15-13(17)10-3-4-11(14)12(7-10)16(18)19/h3-4,7,9H,5-6,8H2,1-2H3,(H,15,17). The molecule has 1 N–H and O–H groups in total. The van der Waals surface area contributed by atoms with Crippen LogP contribution in [0.25, 0.3) is 0 Å². The molecule has 1 aromatic carbocycles. The van der Waals surface area contributed by atoms with Crippen molar-refractivity contribution in [1.29, 1.82) is 0 Å². The van der Waals surface area contributed by atoms with Gasteiger partial charge in [0.15, 0.2) is 0 Å². The second-order valence-corrected chi connectivity index (χ2v) is 5.06. The number of amides is 1. The third-order valence-corrected chi connectivity index (χ3v) is 2.71. The van der Waals surface area contributed by atoms with E-state index in [1.54, 1.807) is 0 Å². The van der Waals surface area contributed by atoms with E-state index < -0.39 is 10.8 Å². The Labute approximate surface area is 122 Å². The highest BCUT2D eigenvalue weighted by molar-refractivity contribution is 6.32. The van der Waals surface area contributed by atoms with E-state index in [9.17, 15) is 14.9 Å². The first-order chi connectivity index (χ1) is 9.41. The van der Waals surface area contributed by atoms with E-state index in [2.05, 4.69) is 5.32 Å². The van der Waals surface area contributed by atoms with Crippen LogP contribution < -0.4 is 5.32 Å². The minimum absolute atomic E-state index is 0.00631. The summed E-state index contributed by atoms with van der Waals surface area (Å²) in [6.07, 6.45) is 0. The Hall–Kier alpha value is -1.66. The second-order valence-electron chi connectivity index (χ2n) is 4.65. The Morgan fingerprint density at radius 1 is 1.50 bits per heavy atom. The van der Waals surface area contributed by atoms with Crippen molar-refractivity contribution in [3.05, 3.63) is 38.9 Å². The maximum atomic E-state index is 11.8. The lowest BCUT2D eigenvalue weighted by atomic mass is 10.2. The maximum absolute atomic E-state index is 11.8. The molecule has 0 fully saturated rings. The van der Waals surface area contributed by atoms with E-state index in [0.29, 0.717) is 25.7 Å². The summed E-state index contributed by atoms with van der Waals surface area (Å²) < 4.78 is 5.32. The molecule has 7 heteroatoms. The van der Waals surface area contributed by atoms with Crippen LogP contribution in [0.3, 0.4) is 0 Å². The average Bonchev–Trinajstić information content (AvgIpc) is 2.37. The molecule has 6 nitrogen and oxygen atoms in total. The van der Waals surface area contributed by atoms with Gasteiger partial charge in [0, 0.05) is 24.8 Å². The fraction of sp³-hybridized carbons (Fsp3) is 0.462. The highest BCUT2D eigenvalue weighted by atomic mass is 35.5. The van der Waals surface area contributed by atoms with E-state index in [1.807, 2.05) is 13.8 Å². The summed E-state index contributed by atoms with van der Waals surface area (Å²) in [4.78, 5) is 21.9. The van der Waals surface area contributed by atoms with Gasteiger partial charge in [-0.15, -0.1) is 0 Å². The van der Waals surface area contributed by atoms with Gasteiger partial charge in [0.2, 0.25) is 0 Å². The molecule has 0 saturated carbocycles. The zero-order valence-electron chi connectivity index (χ0n) is 11.4. The van der Waals surface area contributed by atoms with Crippen LogP contribution in [-0.4, -0.2) is 30.6 Å². The van der Waals surface area contributed by atoms with E-state index in [0.717, 1.165) is 6.07 Å². The molecule has 1 rings (SSSR count). The van der Waals surface area contributed by atoms with Gasteiger partial charge in [-0.2, -0.15) is 0 Å². The molecule has 0 saturated heterocycles. The van der Waals surface area contributed by atoms with Crippen molar-refractivity contribution in [2.45, 2.75) is 13.8 Å². The second kappa shape index (κ2) is 7.81. The molecular formula is C13H17ClN2O4. The van der Waals surface area contributed by atoms with Crippen LogP contribution >= 0.6 is 11.6 Å². The SMILES string of the molecule is CC(C)COCCNC(=O)c1ccc(Cl)c([N+](=O)[O-])c1. The topological polar surface area (TPSA) is 81.5 Å². The third kappa shape index (κ3) is 5.14. The molecule has 0 atom stereocenters. The lowest BCUT2D eigenvalue weighted by molar-refractivity contribution is -0.384. The molecule has 0 aliphatic carbocycles. The van der Waals surface area contributed by atoms with Crippen LogP contribution in [0.4, 0.5) is 5.69 Å². The highest BCUT2D eigenvalue weighted by Crippen LogP contribution is 2.24. The predicted molar refractivity (Wildman–Crippen MR) is 76.1 cm³/mol. The summed E-state index contributed by atoms with van der Waals surface area (Å²) in [5.74, 6) is 0.0440. The van der Waals surface area contributed by atoms with Crippen molar-refractivity contribution in [2.75, 3.05) is 19.8 Å². The molecule has 0 spiro atoms. The number of rotatable bonds is 7. The van der Waals surface area contributed by atoms with Gasteiger partial charge in [0.05, 0.1) is 11.5 Å². The monoisotopic (exact) mass is 300 g/mol. The van der Waals surface area contributed by atoms with Crippen LogP contribution in [-0.2, 0) is 4.74 Å². The van der Waals surface area contributed by atoms with E-state index in [4.69, 9.17) is 16.3 Å². The van der Waals surface area contributed by atoms with Crippen LogP contribution in [0.2, 0.25) is 5.02 Å². The lowest BCUT2D eigenvalue weighted by Crippen LogP contribution is -2.27. The van der Waals surface area contributed by atoms with Gasteiger partial charge in [-0.05, 0) is 18.1 Å². The van der Waals surface area contributed by atoms with Crippen LogP contribution in [0.1, 0.15) is 24.2 Å². The Kier molecular flexibility index (Phi) is 6.41. The van der Waals surface area contributed by atoms with Crippen LogP contribution in [0, 0.1) is 16.0 Å². The normalized spacial score (nSPS) is 10.6. The molecule has 110 valence electrons. The highest BCUT2D eigenvalue weighted by Gasteiger charge is 2.15. The van der Waals surface area contributed by atoms with E-state index in [1.165, 1.54) is 12.1 Å². The van der Waals surface area contributed by atoms with Gasteiger partial charge in [0.25, 0.3) is 11.6 Å². The first-order valence-corrected chi connectivity index (χ1v) is 6.59. The van der Waals surface area contributed by atoms with Gasteiger partial charge >= 0.3 is 0 Å². The number of nitro groups is 1. The molecule has 1 amide bonds. The summed E-state index contributed by atoms with van der Waals surface area (Å²) in [6.45, 7) is 5.45. The van der Waals surface area contributed by atoms with Crippen LogP contribution in [0.5, 0.6) is 0 Å². The summed E-state index contributed by atoms with van der Waals surface area (Å²) >= 11 is 5.68. The Balaban J connectivity index is 2.51. The molecule has 0 unspecified atom stereocenters. The number of nitro benzene ring substituents is 1. The lowest BCUT2D eigenvalue weighted by Gasteiger charge is -2.08. The summed E-state index contributed by atoms with van der Waals surface area (Å²) in [6, 6.07) is 3.94. The van der Waals surface area contributed by atoms with Gasteiger partial charge in [0.1, 0.15) is 5.02 Å². The van der Waals surface area contributed by atoms with Gasteiger partial charge in [-0.25, -0.2) is 0 Å². The van der Waals surface area contributed by atoms with Crippen molar-refractivity contribution >= 4 is 23.2 Å². The molecule has 0 bridgehead atoms. The van der Waals surface area contributed by atoms with Crippen molar-refractivity contribution in [2.24, 2.45) is 5.92 Å². The number of hydrogen-bond donors (Lipinski definition) is 1. The minimum atomic E-state index is -0.620. The number of halogens is 1. The zero-order chi connectivity index (χ0) is 15.1. The third-order valence-electron chi connectivity index (χ3n) is 2.39. The summed E-state index contributed by atoms with van der Waals surface area (Å²) in [5, 5.41) is 13.4. The molecule has 1 aromatic rings. The molecule has 20 heavy (non-hydrogen) atoms. The van der Waals surface area contributed by atoms with Gasteiger partial charge < -0.3 is 10.1 Å². The number of ether oxygens (including phenoxy) is 1. The van der Waals surface area contributed by atoms with Crippen molar-refractivity contribution in [1.82, 2.24) is 5.32 Å².